The maximum absolute atomic E-state index is 12.4. The summed E-state index contributed by atoms with van der Waals surface area (Å²) >= 11 is 0. The summed E-state index contributed by atoms with van der Waals surface area (Å²) < 4.78 is 0. The molecule has 96 valence electrons. The fourth-order valence-corrected chi connectivity index (χ4v) is 2.31. The van der Waals surface area contributed by atoms with Gasteiger partial charge in [0.25, 0.3) is 11.8 Å². The van der Waals surface area contributed by atoms with E-state index in [0.717, 1.165) is 25.8 Å². The number of primary amides is 1. The Morgan fingerprint density at radius 2 is 2.22 bits per heavy atom. The van der Waals surface area contributed by atoms with Gasteiger partial charge in [0.05, 0.1) is 5.56 Å². The van der Waals surface area contributed by atoms with Crippen molar-refractivity contribution in [2.75, 3.05) is 6.54 Å². The van der Waals surface area contributed by atoms with E-state index >= 15 is 0 Å². The van der Waals surface area contributed by atoms with E-state index in [1.165, 1.54) is 12.3 Å². The van der Waals surface area contributed by atoms with E-state index in [1.54, 1.807) is 11.0 Å². The van der Waals surface area contributed by atoms with Crippen molar-refractivity contribution in [1.29, 1.82) is 0 Å². The molecule has 0 aliphatic carbocycles. The van der Waals surface area contributed by atoms with Gasteiger partial charge >= 0.3 is 0 Å². The average Bonchev–Trinajstić information content (AvgIpc) is 2.38. The molecule has 5 heteroatoms. The molecule has 0 aromatic carbocycles. The van der Waals surface area contributed by atoms with Crippen molar-refractivity contribution in [3.63, 3.8) is 0 Å². The molecular weight excluding hydrogens is 230 g/mol. The second kappa shape index (κ2) is 5.16. The Labute approximate surface area is 106 Å². The normalized spacial score (nSPS) is 19.6. The predicted octanol–water partition coefficient (Wildman–Crippen LogP) is 1.20. The minimum atomic E-state index is -0.615. The van der Waals surface area contributed by atoms with Gasteiger partial charge in [-0.3, -0.25) is 14.6 Å². The van der Waals surface area contributed by atoms with Crippen molar-refractivity contribution >= 4 is 11.8 Å². The first-order valence-corrected chi connectivity index (χ1v) is 6.17. The molecule has 1 aromatic rings. The van der Waals surface area contributed by atoms with Crippen LogP contribution in [0, 0.1) is 0 Å². The third-order valence-corrected chi connectivity index (χ3v) is 3.34. The van der Waals surface area contributed by atoms with Crippen LogP contribution in [0.1, 0.15) is 47.0 Å². The summed E-state index contributed by atoms with van der Waals surface area (Å²) in [5, 5.41) is 0. The second-order valence-electron chi connectivity index (χ2n) is 4.61. The lowest BCUT2D eigenvalue weighted by Gasteiger charge is -2.33. The third-order valence-electron chi connectivity index (χ3n) is 3.34. The molecule has 5 nitrogen and oxygen atoms in total. The van der Waals surface area contributed by atoms with Gasteiger partial charge in [0.1, 0.15) is 5.69 Å². The summed E-state index contributed by atoms with van der Waals surface area (Å²) in [5.41, 5.74) is 5.63. The van der Waals surface area contributed by atoms with Gasteiger partial charge in [-0.2, -0.15) is 0 Å². The molecule has 2 N–H and O–H groups in total. The van der Waals surface area contributed by atoms with Crippen molar-refractivity contribution in [2.24, 2.45) is 5.73 Å². The number of carbonyl (C=O) groups is 2. The Kier molecular flexibility index (Phi) is 3.60. The van der Waals surface area contributed by atoms with Crippen LogP contribution in [0.4, 0.5) is 0 Å². The first-order valence-electron chi connectivity index (χ1n) is 6.17. The molecule has 0 radical (unpaired) electrons. The molecule has 0 saturated carbocycles. The molecule has 1 unspecified atom stereocenters. The lowest BCUT2D eigenvalue weighted by atomic mass is 10.0. The van der Waals surface area contributed by atoms with E-state index in [2.05, 4.69) is 4.98 Å². The van der Waals surface area contributed by atoms with Gasteiger partial charge < -0.3 is 10.6 Å². The van der Waals surface area contributed by atoms with Gasteiger partial charge in [-0.15, -0.1) is 0 Å². The van der Waals surface area contributed by atoms with Crippen LogP contribution in [-0.4, -0.2) is 34.3 Å². The fourth-order valence-electron chi connectivity index (χ4n) is 2.31. The molecule has 1 saturated heterocycles. The zero-order chi connectivity index (χ0) is 13.1. The van der Waals surface area contributed by atoms with Crippen LogP contribution >= 0.6 is 0 Å². The first-order chi connectivity index (χ1) is 8.61. The monoisotopic (exact) mass is 247 g/mol. The fraction of sp³-hybridized carbons (Fsp3) is 0.462. The van der Waals surface area contributed by atoms with Crippen molar-refractivity contribution < 1.29 is 9.59 Å². The van der Waals surface area contributed by atoms with Crippen molar-refractivity contribution in [3.05, 3.63) is 29.6 Å². The molecule has 1 atom stereocenters. The zero-order valence-electron chi connectivity index (χ0n) is 10.4. The smallest absolute Gasteiger partial charge is 0.273 e. The highest BCUT2D eigenvalue weighted by Crippen LogP contribution is 2.19. The zero-order valence-corrected chi connectivity index (χ0v) is 10.4. The average molecular weight is 247 g/mol. The summed E-state index contributed by atoms with van der Waals surface area (Å²) in [5.74, 6) is -0.812. The van der Waals surface area contributed by atoms with Crippen molar-refractivity contribution in [1.82, 2.24) is 9.88 Å². The number of likely N-dealkylation sites (tertiary alicyclic amines) is 1. The lowest BCUT2D eigenvalue weighted by Crippen LogP contribution is -2.43. The number of carbonyl (C=O) groups excluding carboxylic acids is 2. The van der Waals surface area contributed by atoms with Crippen LogP contribution in [0.3, 0.4) is 0 Å². The molecule has 0 spiro atoms. The van der Waals surface area contributed by atoms with E-state index in [-0.39, 0.29) is 23.2 Å². The molecule has 18 heavy (non-hydrogen) atoms. The maximum Gasteiger partial charge on any atom is 0.273 e. The van der Waals surface area contributed by atoms with Crippen LogP contribution in [0.25, 0.3) is 0 Å². The Bertz CT molecular complexity index is 473. The predicted molar refractivity (Wildman–Crippen MR) is 67.1 cm³/mol. The van der Waals surface area contributed by atoms with Crippen molar-refractivity contribution in [2.45, 2.75) is 32.2 Å². The van der Waals surface area contributed by atoms with Crippen LogP contribution in [0.15, 0.2) is 18.3 Å². The molecule has 2 rings (SSSR count). The molecule has 1 fully saturated rings. The Morgan fingerprint density at radius 3 is 2.89 bits per heavy atom. The number of amides is 2. The Morgan fingerprint density at radius 1 is 1.44 bits per heavy atom. The number of piperidine rings is 1. The van der Waals surface area contributed by atoms with Crippen LogP contribution < -0.4 is 5.73 Å². The highest BCUT2D eigenvalue weighted by Gasteiger charge is 2.27. The molecule has 2 heterocycles. The van der Waals surface area contributed by atoms with Gasteiger partial charge in [-0.1, -0.05) is 0 Å². The topological polar surface area (TPSA) is 76.3 Å². The lowest BCUT2D eigenvalue weighted by molar-refractivity contribution is 0.0625. The first kappa shape index (κ1) is 12.5. The quantitative estimate of drug-likeness (QED) is 0.853. The molecule has 2 amide bonds. The molecule has 1 aliphatic rings. The van der Waals surface area contributed by atoms with E-state index in [4.69, 9.17) is 5.73 Å². The highest BCUT2D eigenvalue weighted by molar-refractivity contribution is 6.05. The minimum absolute atomic E-state index is 0.166. The standard InChI is InChI=1S/C13H17N3O2/c1-9-5-2-3-8-16(9)13(18)11-10(12(14)17)6-4-7-15-11/h4,6-7,9H,2-3,5,8H2,1H3,(H2,14,17). The Balaban J connectivity index is 2.30. The van der Waals surface area contributed by atoms with Gasteiger partial charge in [-0.25, -0.2) is 0 Å². The molecule has 0 bridgehead atoms. The summed E-state index contributed by atoms with van der Waals surface area (Å²) in [6, 6.07) is 3.34. The number of rotatable bonds is 2. The van der Waals surface area contributed by atoms with E-state index in [1.807, 2.05) is 6.92 Å². The van der Waals surface area contributed by atoms with E-state index in [0.29, 0.717) is 0 Å². The number of aromatic nitrogens is 1. The summed E-state index contributed by atoms with van der Waals surface area (Å²) in [6.07, 6.45) is 4.63. The molecule has 1 aliphatic heterocycles. The van der Waals surface area contributed by atoms with Crippen molar-refractivity contribution in [3.8, 4) is 0 Å². The van der Waals surface area contributed by atoms with Crippen LogP contribution in [0.5, 0.6) is 0 Å². The minimum Gasteiger partial charge on any atom is -0.366 e. The number of hydrogen-bond donors (Lipinski definition) is 1. The summed E-state index contributed by atoms with van der Waals surface area (Å²) in [4.78, 5) is 29.5. The van der Waals surface area contributed by atoms with Gasteiger partial charge in [0.2, 0.25) is 0 Å². The molecular formula is C13H17N3O2. The second-order valence-corrected chi connectivity index (χ2v) is 4.61. The highest BCUT2D eigenvalue weighted by atomic mass is 16.2. The number of nitrogens with two attached hydrogens (primary N) is 1. The van der Waals surface area contributed by atoms with Gasteiger partial charge in [0.15, 0.2) is 0 Å². The number of hydrogen-bond acceptors (Lipinski definition) is 3. The summed E-state index contributed by atoms with van der Waals surface area (Å²) in [7, 11) is 0. The van der Waals surface area contributed by atoms with Crippen LogP contribution in [-0.2, 0) is 0 Å². The SMILES string of the molecule is CC1CCCCN1C(=O)c1ncccc1C(N)=O. The molecule has 1 aromatic heterocycles. The van der Waals surface area contributed by atoms with E-state index < -0.39 is 5.91 Å². The number of pyridine rings is 1. The Hall–Kier alpha value is -1.91. The summed E-state index contributed by atoms with van der Waals surface area (Å²) in [6.45, 7) is 2.73. The van der Waals surface area contributed by atoms with Gasteiger partial charge in [-0.05, 0) is 38.3 Å². The van der Waals surface area contributed by atoms with E-state index in [9.17, 15) is 9.59 Å². The number of nitrogens with zero attached hydrogens (tertiary/aromatic N) is 2. The third kappa shape index (κ3) is 2.34. The van der Waals surface area contributed by atoms with Gasteiger partial charge in [0, 0.05) is 18.8 Å². The van der Waals surface area contributed by atoms with Crippen LogP contribution in [0.2, 0.25) is 0 Å². The largest absolute Gasteiger partial charge is 0.366 e. The maximum atomic E-state index is 12.4.